The predicted octanol–water partition coefficient (Wildman–Crippen LogP) is -0.604. The maximum atomic E-state index is 0. The average molecular weight is 444 g/mol. The van der Waals surface area contributed by atoms with E-state index in [0.29, 0.717) is 0 Å². The summed E-state index contributed by atoms with van der Waals surface area (Å²) < 4.78 is 0. The summed E-state index contributed by atoms with van der Waals surface area (Å²) in [6.07, 6.45) is 0. The van der Waals surface area contributed by atoms with E-state index in [9.17, 15) is 0 Å². The normalized spacial score (nSPS) is 0. The van der Waals surface area contributed by atoms with E-state index in [1.165, 1.54) is 0 Å². The molecule has 0 heterocycles. The standard InChI is InChI=1S/2Nb.5O.2Y/q2*+5;5*-2;;. The maximum absolute atomic E-state index is 0. The Labute approximate surface area is 135 Å². The van der Waals surface area contributed by atoms with E-state index >= 15 is 0 Å². The third-order valence-electron chi connectivity index (χ3n) is 0. The molecule has 0 aliphatic heterocycles. The summed E-state index contributed by atoms with van der Waals surface area (Å²) in [6, 6.07) is 0. The van der Waals surface area contributed by atoms with Crippen molar-refractivity contribution in [2.45, 2.75) is 0 Å². The Kier molecular flexibility index (Phi) is 1560. The molecule has 0 amide bonds. The van der Waals surface area contributed by atoms with Crippen molar-refractivity contribution < 1.29 is 138 Å². The van der Waals surface area contributed by atoms with E-state index in [0.717, 1.165) is 0 Å². The Morgan fingerprint density at radius 2 is 0.333 bits per heavy atom. The van der Waals surface area contributed by atoms with Crippen LogP contribution in [0.15, 0.2) is 0 Å². The van der Waals surface area contributed by atoms with Gasteiger partial charge in [0.25, 0.3) is 0 Å². The molecule has 0 saturated carbocycles. The van der Waals surface area contributed by atoms with Crippen molar-refractivity contribution in [2.24, 2.45) is 0 Å². The third-order valence-corrected chi connectivity index (χ3v) is 0. The van der Waals surface area contributed by atoms with Crippen LogP contribution in [0, 0.1) is 0 Å². The quantitative estimate of drug-likeness (QED) is 0.441. The van der Waals surface area contributed by atoms with Crippen LogP contribution >= 0.6 is 0 Å². The summed E-state index contributed by atoms with van der Waals surface area (Å²) in [6.45, 7) is 0. The van der Waals surface area contributed by atoms with Gasteiger partial charge in [-0.05, 0) is 0 Å². The predicted molar refractivity (Wildman–Crippen MR) is 3.43 cm³/mol. The van der Waals surface area contributed by atoms with Crippen molar-refractivity contribution in [3.63, 3.8) is 0 Å². The van der Waals surface area contributed by atoms with Gasteiger partial charge in [-0.2, -0.15) is 0 Å². The topological polar surface area (TPSA) is 142 Å². The Balaban J connectivity index is 0. The van der Waals surface area contributed by atoms with Gasteiger partial charge >= 0.3 is 44.8 Å². The van der Waals surface area contributed by atoms with Crippen LogP contribution in [0.1, 0.15) is 0 Å². The SMILES string of the molecule is [Nb+5].[Nb+5].[O-2].[O-2].[O-2].[O-2].[O-2].[Y].[Y]. The van der Waals surface area contributed by atoms with Crippen LogP contribution < -0.4 is 0 Å². The molecule has 0 rings (SSSR count). The van der Waals surface area contributed by atoms with E-state index in [-0.39, 0.29) is 138 Å². The molecule has 0 saturated heterocycles. The average Bonchev–Trinajstić information content (AvgIpc) is 0. The van der Waals surface area contributed by atoms with E-state index in [1.807, 2.05) is 0 Å². The second-order valence-corrected chi connectivity index (χ2v) is 0. The van der Waals surface area contributed by atoms with Gasteiger partial charge in [-0.25, -0.2) is 0 Å². The molecule has 46 valence electrons. The zero-order valence-corrected chi connectivity index (χ0v) is 14.2. The minimum atomic E-state index is 0. The third kappa shape index (κ3) is 85.0. The van der Waals surface area contributed by atoms with Gasteiger partial charge in [0.15, 0.2) is 0 Å². The second-order valence-electron chi connectivity index (χ2n) is 0. The molecule has 2 radical (unpaired) electrons. The molecular weight excluding hydrogens is 444 g/mol. The van der Waals surface area contributed by atoms with E-state index in [2.05, 4.69) is 0 Å². The van der Waals surface area contributed by atoms with Crippen LogP contribution in [0.3, 0.4) is 0 Å². The smallest absolute Gasteiger partial charge is 2.00 e. The largest absolute Gasteiger partial charge is 5.00 e. The molecule has 0 aromatic carbocycles. The number of rotatable bonds is 0. The summed E-state index contributed by atoms with van der Waals surface area (Å²) in [5.41, 5.74) is 0. The van der Waals surface area contributed by atoms with Gasteiger partial charge in [0.05, 0.1) is 0 Å². The van der Waals surface area contributed by atoms with Crippen molar-refractivity contribution in [3.05, 3.63) is 0 Å². The van der Waals surface area contributed by atoms with Crippen molar-refractivity contribution in [2.75, 3.05) is 0 Å². The van der Waals surface area contributed by atoms with Gasteiger partial charge in [-0.3, -0.25) is 0 Å². The molecule has 0 atom stereocenters. The van der Waals surface area contributed by atoms with E-state index in [1.54, 1.807) is 0 Å². The molecule has 0 fully saturated rings. The fourth-order valence-electron chi connectivity index (χ4n) is 0. The van der Waals surface area contributed by atoms with Crippen LogP contribution in [0.4, 0.5) is 0 Å². The van der Waals surface area contributed by atoms with Gasteiger partial charge in [0, 0.05) is 65.4 Å². The molecular formula is Nb2O5Y2. The minimum absolute atomic E-state index is 0. The monoisotopic (exact) mass is 444 g/mol. The Bertz CT molecular complexity index is 12.9. The Morgan fingerprint density at radius 1 is 0.333 bits per heavy atom. The first-order chi connectivity index (χ1) is 0. The van der Waals surface area contributed by atoms with Crippen LogP contribution in [0.25, 0.3) is 0 Å². The fraction of sp³-hybridized carbons (Fsp3) is 0. The fourth-order valence-corrected chi connectivity index (χ4v) is 0. The van der Waals surface area contributed by atoms with Crippen molar-refractivity contribution in [3.8, 4) is 0 Å². The summed E-state index contributed by atoms with van der Waals surface area (Å²) >= 11 is 0. The second kappa shape index (κ2) is 104. The van der Waals surface area contributed by atoms with Crippen LogP contribution in [-0.4, -0.2) is 0 Å². The molecule has 0 N–H and O–H groups in total. The Hall–Kier alpha value is 3.49. The van der Waals surface area contributed by atoms with E-state index in [4.69, 9.17) is 0 Å². The zero-order valence-electron chi connectivity index (χ0n) is 4.09. The molecule has 0 spiro atoms. The van der Waals surface area contributed by atoms with Crippen LogP contribution in [-0.2, 0) is 138 Å². The molecule has 0 aliphatic carbocycles. The van der Waals surface area contributed by atoms with Crippen LogP contribution in [0.2, 0.25) is 0 Å². The molecule has 9 heavy (non-hydrogen) atoms. The Morgan fingerprint density at radius 3 is 0.333 bits per heavy atom. The summed E-state index contributed by atoms with van der Waals surface area (Å²) in [5, 5.41) is 0. The molecule has 0 aromatic rings. The van der Waals surface area contributed by atoms with Gasteiger partial charge in [0.1, 0.15) is 0 Å². The molecule has 0 unspecified atom stereocenters. The first-order valence-corrected chi connectivity index (χ1v) is 0. The first kappa shape index (κ1) is 135. The summed E-state index contributed by atoms with van der Waals surface area (Å²) in [7, 11) is 0. The van der Waals surface area contributed by atoms with Crippen LogP contribution in [0.5, 0.6) is 0 Å². The minimum Gasteiger partial charge on any atom is -2.00 e. The molecule has 0 bridgehead atoms. The van der Waals surface area contributed by atoms with Crippen molar-refractivity contribution in [1.29, 1.82) is 0 Å². The van der Waals surface area contributed by atoms with Gasteiger partial charge < -0.3 is 27.4 Å². The van der Waals surface area contributed by atoms with E-state index < -0.39 is 0 Å². The summed E-state index contributed by atoms with van der Waals surface area (Å²) in [5.74, 6) is 0. The number of hydrogen-bond donors (Lipinski definition) is 0. The van der Waals surface area contributed by atoms with Crippen molar-refractivity contribution in [1.82, 2.24) is 0 Å². The molecule has 0 aliphatic rings. The summed E-state index contributed by atoms with van der Waals surface area (Å²) in [4.78, 5) is 0. The molecule has 0 aromatic heterocycles. The van der Waals surface area contributed by atoms with Crippen molar-refractivity contribution >= 4 is 0 Å². The first-order valence-electron chi connectivity index (χ1n) is 0. The molecule has 5 nitrogen and oxygen atoms in total. The van der Waals surface area contributed by atoms with Gasteiger partial charge in [-0.15, -0.1) is 0 Å². The van der Waals surface area contributed by atoms with Gasteiger partial charge in [0.2, 0.25) is 0 Å². The zero-order chi connectivity index (χ0) is 0. The maximum Gasteiger partial charge on any atom is 5.00 e. The molecule has 9 heteroatoms. The number of hydrogen-bond acceptors (Lipinski definition) is 0. The van der Waals surface area contributed by atoms with Gasteiger partial charge in [-0.1, -0.05) is 0 Å².